The zero-order valence-corrected chi connectivity index (χ0v) is 40.6. The van der Waals surface area contributed by atoms with Gasteiger partial charge in [0.1, 0.15) is 24.2 Å². The van der Waals surface area contributed by atoms with Crippen LogP contribution in [0.25, 0.3) is 33.5 Å². The van der Waals surface area contributed by atoms with Gasteiger partial charge in [0.05, 0.1) is 17.1 Å². The van der Waals surface area contributed by atoms with Crippen molar-refractivity contribution < 1.29 is 32.8 Å². The van der Waals surface area contributed by atoms with Gasteiger partial charge in [0.2, 0.25) is 5.91 Å². The maximum atomic E-state index is 14.0. The summed E-state index contributed by atoms with van der Waals surface area (Å²) in [4.78, 5) is 30.5. The molecule has 1 aliphatic rings. The Morgan fingerprint density at radius 1 is 0.809 bits per heavy atom. The van der Waals surface area contributed by atoms with E-state index in [0.717, 1.165) is 89.2 Å². The number of aliphatic imine (C=N–C) groups is 1. The summed E-state index contributed by atoms with van der Waals surface area (Å²) in [6.45, 7) is 9.62. The molecule has 10 nitrogen and oxygen atoms in total. The second-order valence-corrected chi connectivity index (χ2v) is 19.6. The number of ether oxygens (including phenoxy) is 2. The van der Waals surface area contributed by atoms with Crippen LogP contribution in [0.1, 0.15) is 103 Å². The summed E-state index contributed by atoms with van der Waals surface area (Å²) in [7, 11) is -2.68. The molecule has 1 aliphatic heterocycles. The molecule has 0 unspecified atom stereocenters. The largest absolute Gasteiger partial charge is 0.678 e. The van der Waals surface area contributed by atoms with Crippen LogP contribution in [-0.2, 0) is 9.59 Å². The molecule has 0 saturated heterocycles. The minimum Gasteiger partial charge on any atom is -0.490 e. The molecular weight excluding hydrogens is 879 g/mol. The number of unbranched alkanes of at least 4 members (excludes halogenated alkanes) is 5. The highest BCUT2D eigenvalue weighted by molar-refractivity contribution is 7.13. The number of fused-ring (bicyclic) bond motifs is 1. The average Bonchev–Trinajstić information content (AvgIpc) is 4.11. The molecule has 0 saturated carbocycles. The van der Waals surface area contributed by atoms with Gasteiger partial charge >= 0.3 is 7.40 Å². The predicted octanol–water partition coefficient (Wildman–Crippen LogP) is 11.3. The zero-order valence-electron chi connectivity index (χ0n) is 39.8. The minimum absolute atomic E-state index is 0.0574. The monoisotopic (exact) mass is 945 g/mol. The van der Waals surface area contributed by atoms with Gasteiger partial charge in [-0.3, -0.25) is 18.2 Å². The number of carbonyl (C=O) groups is 2. The Labute approximate surface area is 404 Å². The van der Waals surface area contributed by atoms with Crippen LogP contribution in [0.15, 0.2) is 125 Å². The first-order valence-corrected chi connectivity index (χ1v) is 24.7. The summed E-state index contributed by atoms with van der Waals surface area (Å²) >= 11 is 1.42. The van der Waals surface area contributed by atoms with Gasteiger partial charge in [-0.1, -0.05) is 92.8 Å². The second-order valence-electron chi connectivity index (χ2n) is 18.6. The van der Waals surface area contributed by atoms with Crippen molar-refractivity contribution in [3.8, 4) is 22.1 Å². The predicted molar refractivity (Wildman–Crippen MR) is 276 cm³/mol. The van der Waals surface area contributed by atoms with Crippen molar-refractivity contribution >= 4 is 59.2 Å². The highest BCUT2D eigenvalue weighted by Crippen LogP contribution is 2.30. The van der Waals surface area contributed by atoms with Gasteiger partial charge in [-0.25, -0.2) is 4.99 Å². The van der Waals surface area contributed by atoms with Gasteiger partial charge in [-0.15, -0.1) is 11.3 Å². The van der Waals surface area contributed by atoms with Gasteiger partial charge in [0, 0.05) is 46.5 Å². The maximum absolute atomic E-state index is 14.0. The van der Waals surface area contributed by atoms with E-state index in [1.54, 1.807) is 36.4 Å². The van der Waals surface area contributed by atoms with E-state index in [0.29, 0.717) is 48.1 Å². The number of amides is 2. The Kier molecular flexibility index (Phi) is 19.3. The number of rotatable bonds is 28. The molecule has 0 fully saturated rings. The first-order valence-electron chi connectivity index (χ1n) is 23.8. The average molecular weight is 946 g/mol. The Hall–Kier alpha value is -5.83. The minimum atomic E-state index is -2.68. The first-order chi connectivity index (χ1) is 32.7. The van der Waals surface area contributed by atoms with Crippen LogP contribution in [-0.4, -0.2) is 78.0 Å². The number of carbonyl (C=O) groups excluding carboxylic acids is 2. The Bertz CT molecular complexity index is 2510. The fourth-order valence-corrected chi connectivity index (χ4v) is 8.80. The van der Waals surface area contributed by atoms with Gasteiger partial charge in [0.15, 0.2) is 6.61 Å². The van der Waals surface area contributed by atoms with Crippen molar-refractivity contribution in [2.24, 2.45) is 4.99 Å². The number of thiophene rings is 1. The van der Waals surface area contributed by atoms with Crippen molar-refractivity contribution in [3.05, 3.63) is 132 Å². The Balaban J connectivity index is 0.766. The fraction of sp³-hybridized carbons (Fsp3) is 0.389. The molecule has 14 heteroatoms. The lowest BCUT2D eigenvalue weighted by Gasteiger charge is -2.28. The molecule has 360 valence electrons. The lowest BCUT2D eigenvalue weighted by atomic mass is 9.93. The molecule has 0 radical (unpaired) electrons. The van der Waals surface area contributed by atoms with Gasteiger partial charge < -0.3 is 35.0 Å². The number of halogens is 2. The number of aliphatic hydroxyl groups excluding tert-OH is 1. The van der Waals surface area contributed by atoms with E-state index in [4.69, 9.17) is 9.47 Å². The third-order valence-corrected chi connectivity index (χ3v) is 12.7. The number of nitrogens with one attached hydrogen (secondary N) is 3. The summed E-state index contributed by atoms with van der Waals surface area (Å²) in [6, 6.07) is 28.4. The molecule has 5 aromatic rings. The molecule has 2 amide bonds. The highest BCUT2D eigenvalue weighted by atomic mass is 32.1. The molecule has 2 aromatic heterocycles. The van der Waals surface area contributed by atoms with Crippen molar-refractivity contribution in [1.82, 2.24) is 20.4 Å². The number of aromatic nitrogens is 1. The molecule has 3 heterocycles. The lowest BCUT2D eigenvalue weighted by Crippen LogP contribution is -2.44. The molecule has 0 aliphatic carbocycles. The van der Waals surface area contributed by atoms with Crippen LogP contribution >= 0.6 is 11.3 Å². The Morgan fingerprint density at radius 2 is 1.56 bits per heavy atom. The summed E-state index contributed by atoms with van der Waals surface area (Å²) in [6.07, 6.45) is 17.5. The second kappa shape index (κ2) is 25.5. The summed E-state index contributed by atoms with van der Waals surface area (Å²) in [5, 5.41) is 24.2. The van der Waals surface area contributed by atoms with Crippen molar-refractivity contribution in [2.45, 2.75) is 109 Å². The van der Waals surface area contributed by atoms with Gasteiger partial charge in [0.25, 0.3) is 5.91 Å². The Morgan fingerprint density at radius 3 is 2.32 bits per heavy atom. The molecule has 0 bridgehead atoms. The number of benzene rings is 3. The molecule has 3 aromatic carbocycles. The molecule has 4 N–H and O–H groups in total. The quantitative estimate of drug-likeness (QED) is 0.0292. The maximum Gasteiger partial charge on any atom is 0.678 e. The van der Waals surface area contributed by atoms with Gasteiger partial charge in [-0.2, -0.15) is 0 Å². The number of hydrogen-bond acceptors (Lipinski definition) is 8. The number of allylic oxidation sites excluding steroid dienone is 3. The molecule has 68 heavy (non-hydrogen) atoms. The standard InChI is InChI=1S/C54H66BF2N5O5S/c1-53(2,59-37-45(63)38-67-49-19-14-17-41-16-9-10-18-47(41)49)32-11-5-6-12-33-54(3,4)61-51(64)21-8-7-13-34-58-52(65)39-66-46-29-23-40(24-30-46)22-25-42-26-27-43(60-42)36-44-28-31-48(62(44)55(56)57)50-20-15-35-68-50/h9-10,14-20,22-31,35-36,45,59,63H,5-8,11-13,21,32-34,37-39H2,1-4H3,(H,58,65)(H,61,64)/b25-22+,43-36-/t45-/m0/s1. The topological polar surface area (TPSA) is 126 Å². The summed E-state index contributed by atoms with van der Waals surface area (Å²) in [5.74, 6) is 1.20. The van der Waals surface area contributed by atoms with E-state index < -0.39 is 13.5 Å². The molecule has 0 spiro atoms. The first kappa shape index (κ1) is 51.6. The van der Waals surface area contributed by atoms with Crippen molar-refractivity contribution in [3.63, 3.8) is 0 Å². The third kappa shape index (κ3) is 16.7. The van der Waals surface area contributed by atoms with Crippen molar-refractivity contribution in [2.75, 3.05) is 26.3 Å². The summed E-state index contributed by atoms with van der Waals surface area (Å²) in [5.41, 5.74) is 2.67. The lowest BCUT2D eigenvalue weighted by molar-refractivity contribution is -0.124. The highest BCUT2D eigenvalue weighted by Gasteiger charge is 2.25. The number of nitrogens with zero attached hydrogens (tertiary/aromatic N) is 2. The molecule has 1 atom stereocenters. The number of β-amino-alcohol motifs (C(OH)–C–C–N with tert-alkyl or cyclic N) is 1. The van der Waals surface area contributed by atoms with Crippen LogP contribution in [0.4, 0.5) is 8.63 Å². The van der Waals surface area contributed by atoms with Crippen LogP contribution < -0.4 is 25.4 Å². The van der Waals surface area contributed by atoms with E-state index in [1.165, 1.54) is 11.3 Å². The zero-order chi connectivity index (χ0) is 48.4. The summed E-state index contributed by atoms with van der Waals surface area (Å²) < 4.78 is 40.6. The molecular formula is C54H66BF2N5O5S. The van der Waals surface area contributed by atoms with Crippen LogP contribution in [0.3, 0.4) is 0 Å². The van der Waals surface area contributed by atoms with Crippen LogP contribution in [0.2, 0.25) is 0 Å². The van der Waals surface area contributed by atoms with Crippen molar-refractivity contribution in [1.29, 1.82) is 0 Å². The fourth-order valence-electron chi connectivity index (χ4n) is 8.05. The third-order valence-electron chi connectivity index (χ3n) is 11.8. The SMILES string of the molecule is CC(C)(CCCCCCC(C)(C)NC(=O)CCCCCNC(=O)COc1ccc(/C=C/C2=NC(=C\c3ccc(-c4cccs4)n3B(F)F)/C=C2)cc1)NC[C@H](O)COc1cccc2ccccc12. The van der Waals surface area contributed by atoms with E-state index in [-0.39, 0.29) is 36.1 Å². The smallest absolute Gasteiger partial charge is 0.490 e. The van der Waals surface area contributed by atoms with E-state index >= 15 is 0 Å². The van der Waals surface area contributed by atoms with E-state index in [9.17, 15) is 23.3 Å². The number of aliphatic hydroxyl groups is 1. The van der Waals surface area contributed by atoms with Crippen LogP contribution in [0.5, 0.6) is 11.5 Å². The molecule has 6 rings (SSSR count). The number of hydrogen-bond donors (Lipinski definition) is 4. The van der Waals surface area contributed by atoms with Crippen LogP contribution in [0, 0.1) is 0 Å². The van der Waals surface area contributed by atoms with E-state index in [2.05, 4.69) is 60.8 Å². The van der Waals surface area contributed by atoms with E-state index in [1.807, 2.05) is 78.2 Å². The normalized spacial score (nSPS) is 13.9. The van der Waals surface area contributed by atoms with Gasteiger partial charge in [-0.05, 0) is 130 Å².